The zero-order chi connectivity index (χ0) is 60.1. The van der Waals surface area contributed by atoms with Gasteiger partial charge in [-0.3, -0.25) is 18.6 Å². The molecule has 2 unspecified atom stereocenters. The van der Waals surface area contributed by atoms with Gasteiger partial charge in [-0.2, -0.15) is 0 Å². The van der Waals surface area contributed by atoms with Crippen LogP contribution in [-0.4, -0.2) is 49.3 Å². The van der Waals surface area contributed by atoms with Crippen LogP contribution in [-0.2, 0) is 32.7 Å². The Kier molecular flexibility index (Phi) is 62.8. The summed E-state index contributed by atoms with van der Waals surface area (Å²) in [6.07, 6.45) is 98.5. The fourth-order valence-corrected chi connectivity index (χ4v) is 9.06. The van der Waals surface area contributed by atoms with Gasteiger partial charge in [0.2, 0.25) is 0 Å². The molecule has 0 heterocycles. The average molecular weight is 1170 g/mol. The maximum atomic E-state index is 12.7. The summed E-state index contributed by atoms with van der Waals surface area (Å²) in [7, 11) is -4.41. The molecular weight excluding hydrogens is 1050 g/mol. The van der Waals surface area contributed by atoms with Gasteiger partial charge in [-0.1, -0.05) is 267 Å². The molecule has 0 aromatic heterocycles. The molecule has 0 bridgehead atoms. The van der Waals surface area contributed by atoms with E-state index in [1.54, 1.807) is 0 Å². The smallest absolute Gasteiger partial charge is 0.462 e. The number of hydrogen-bond acceptors (Lipinski definition) is 8. The Labute approximate surface area is 508 Å². The summed E-state index contributed by atoms with van der Waals surface area (Å²) in [5, 5.41) is 0. The molecule has 0 aliphatic rings. The lowest BCUT2D eigenvalue weighted by molar-refractivity contribution is -0.161. The Morgan fingerprint density at radius 3 is 0.988 bits per heavy atom. The summed E-state index contributed by atoms with van der Waals surface area (Å²) in [4.78, 5) is 35.3. The average Bonchev–Trinajstić information content (AvgIpc) is 3.49. The maximum Gasteiger partial charge on any atom is 0.472 e. The number of esters is 2. The molecule has 0 rings (SSSR count). The molecule has 3 N–H and O–H groups in total. The van der Waals surface area contributed by atoms with Crippen molar-refractivity contribution in [2.45, 2.75) is 251 Å². The van der Waals surface area contributed by atoms with E-state index in [4.69, 9.17) is 24.3 Å². The van der Waals surface area contributed by atoms with Crippen LogP contribution >= 0.6 is 7.82 Å². The second-order valence-electron chi connectivity index (χ2n) is 20.9. The molecule has 0 spiro atoms. The number of unbranched alkanes of at least 4 members (excludes halogenated alkanes) is 18. The van der Waals surface area contributed by atoms with Gasteiger partial charge in [0.05, 0.1) is 13.2 Å². The van der Waals surface area contributed by atoms with Crippen LogP contribution in [0.25, 0.3) is 0 Å². The Hall–Kier alpha value is -4.63. The zero-order valence-corrected chi connectivity index (χ0v) is 53.3. The van der Waals surface area contributed by atoms with Gasteiger partial charge in [0.25, 0.3) is 0 Å². The van der Waals surface area contributed by atoms with E-state index in [1.807, 2.05) is 0 Å². The third-order valence-electron chi connectivity index (χ3n) is 13.1. The molecule has 0 fully saturated rings. The number of nitrogens with two attached hydrogens (primary N) is 1. The number of phosphoric ester groups is 1. The standard InChI is InChI=1S/C73H118NO8P/c1-3-5-7-9-11-13-15-17-19-21-23-25-26-27-28-29-30-31-32-33-34-35-36-37-38-39-40-41-42-43-44-46-48-50-52-54-56-58-60-62-64-66-73(76)82-71(70-81-83(77,78)80-68-67-74)69-79-72(75)65-63-61-59-57-55-53-51-49-47-45-24-22-20-18-16-14-12-10-8-6-4-2/h5,7,11,13,16-19,22-25,27-28,30-31,33-34,36-37,39-40,42-43,46,48,52,54,71H,3-4,6,8-10,12,14-15,20-21,26,29,32,35,38,41,44-45,47,49-51,53,55-70,74H2,1-2H3,(H,77,78)/b7-5-,13-11-,18-16-,19-17-,24-22-,25-23-,28-27-,31-30-,34-33-,37-36-,40-39-,43-42-,48-46-,54-52-. The van der Waals surface area contributed by atoms with Crippen LogP contribution in [0.2, 0.25) is 0 Å². The summed E-state index contributed by atoms with van der Waals surface area (Å²) >= 11 is 0. The highest BCUT2D eigenvalue weighted by Crippen LogP contribution is 2.43. The summed E-state index contributed by atoms with van der Waals surface area (Å²) in [5.74, 6) is -0.872. The van der Waals surface area contributed by atoms with Gasteiger partial charge < -0.3 is 20.1 Å². The highest BCUT2D eigenvalue weighted by molar-refractivity contribution is 7.47. The molecule has 0 aliphatic carbocycles. The lowest BCUT2D eigenvalue weighted by Gasteiger charge is -2.19. The molecule has 83 heavy (non-hydrogen) atoms. The predicted molar refractivity (Wildman–Crippen MR) is 357 cm³/mol. The topological polar surface area (TPSA) is 134 Å². The molecular formula is C73H118NO8P. The maximum absolute atomic E-state index is 12.7. The van der Waals surface area contributed by atoms with Crippen molar-refractivity contribution in [1.29, 1.82) is 0 Å². The summed E-state index contributed by atoms with van der Waals surface area (Å²) in [6.45, 7) is 3.57. The van der Waals surface area contributed by atoms with Crippen molar-refractivity contribution in [2.24, 2.45) is 5.73 Å². The van der Waals surface area contributed by atoms with E-state index in [0.717, 1.165) is 141 Å². The third-order valence-corrected chi connectivity index (χ3v) is 14.1. The van der Waals surface area contributed by atoms with Gasteiger partial charge in [-0.15, -0.1) is 0 Å². The largest absolute Gasteiger partial charge is 0.472 e. The number of carbonyl (C=O) groups excluding carboxylic acids is 2. The molecule has 0 amide bonds. The van der Waals surface area contributed by atoms with E-state index in [-0.39, 0.29) is 32.6 Å². The molecule has 9 nitrogen and oxygen atoms in total. The van der Waals surface area contributed by atoms with Crippen LogP contribution in [0.5, 0.6) is 0 Å². The molecule has 10 heteroatoms. The molecule has 0 aromatic carbocycles. The van der Waals surface area contributed by atoms with Crippen LogP contribution in [0.15, 0.2) is 170 Å². The van der Waals surface area contributed by atoms with E-state index in [0.29, 0.717) is 6.42 Å². The van der Waals surface area contributed by atoms with Crippen molar-refractivity contribution in [1.82, 2.24) is 0 Å². The van der Waals surface area contributed by atoms with Crippen molar-refractivity contribution in [3.63, 3.8) is 0 Å². The Morgan fingerprint density at radius 2 is 0.663 bits per heavy atom. The number of allylic oxidation sites excluding steroid dienone is 28. The quantitative estimate of drug-likeness (QED) is 0.0264. The lowest BCUT2D eigenvalue weighted by atomic mass is 10.1. The molecule has 0 aliphatic heterocycles. The first kappa shape index (κ1) is 78.4. The van der Waals surface area contributed by atoms with Crippen molar-refractivity contribution in [3.8, 4) is 0 Å². The van der Waals surface area contributed by atoms with Gasteiger partial charge >= 0.3 is 19.8 Å². The fourth-order valence-electron chi connectivity index (χ4n) is 8.29. The normalized spacial score (nSPS) is 14.1. The number of phosphoric acid groups is 1. The first-order chi connectivity index (χ1) is 40.8. The summed E-state index contributed by atoms with van der Waals surface area (Å²) in [5.41, 5.74) is 5.39. The zero-order valence-electron chi connectivity index (χ0n) is 52.4. The second kappa shape index (κ2) is 66.5. The minimum atomic E-state index is -4.41. The van der Waals surface area contributed by atoms with Gasteiger partial charge in [0.1, 0.15) is 6.61 Å². The molecule has 0 radical (unpaired) electrons. The summed E-state index contributed by atoms with van der Waals surface area (Å²) < 4.78 is 33.1. The van der Waals surface area contributed by atoms with E-state index >= 15 is 0 Å². The lowest BCUT2D eigenvalue weighted by Crippen LogP contribution is -2.29. The monoisotopic (exact) mass is 1170 g/mol. The minimum Gasteiger partial charge on any atom is -0.462 e. The van der Waals surface area contributed by atoms with Gasteiger partial charge in [0, 0.05) is 19.4 Å². The van der Waals surface area contributed by atoms with Gasteiger partial charge in [-0.25, -0.2) is 4.57 Å². The molecule has 0 aromatic rings. The highest BCUT2D eigenvalue weighted by atomic mass is 31.2. The van der Waals surface area contributed by atoms with Crippen LogP contribution < -0.4 is 5.73 Å². The van der Waals surface area contributed by atoms with Crippen LogP contribution in [0.1, 0.15) is 245 Å². The second-order valence-corrected chi connectivity index (χ2v) is 22.3. The van der Waals surface area contributed by atoms with Gasteiger partial charge in [0.15, 0.2) is 6.10 Å². The van der Waals surface area contributed by atoms with Crippen molar-refractivity contribution >= 4 is 19.8 Å². The fraction of sp³-hybridized carbons (Fsp3) is 0.589. The van der Waals surface area contributed by atoms with Crippen LogP contribution in [0, 0.1) is 0 Å². The van der Waals surface area contributed by atoms with E-state index in [9.17, 15) is 19.0 Å². The first-order valence-electron chi connectivity index (χ1n) is 32.6. The number of rotatable bonds is 59. The number of carbonyl (C=O) groups is 2. The molecule has 0 saturated carbocycles. The van der Waals surface area contributed by atoms with Gasteiger partial charge in [-0.05, 0) is 135 Å². The van der Waals surface area contributed by atoms with Crippen LogP contribution in [0.4, 0.5) is 0 Å². The Morgan fingerprint density at radius 1 is 0.373 bits per heavy atom. The molecule has 0 saturated heterocycles. The highest BCUT2D eigenvalue weighted by Gasteiger charge is 2.26. The molecule has 2 atom stereocenters. The minimum absolute atomic E-state index is 0.0397. The number of hydrogen-bond donors (Lipinski definition) is 2. The Bertz CT molecular complexity index is 1960. The Balaban J connectivity index is 4.06. The van der Waals surface area contributed by atoms with Crippen molar-refractivity contribution in [2.75, 3.05) is 26.4 Å². The van der Waals surface area contributed by atoms with Crippen molar-refractivity contribution < 1.29 is 37.6 Å². The van der Waals surface area contributed by atoms with Crippen LogP contribution in [0.3, 0.4) is 0 Å². The first-order valence-corrected chi connectivity index (χ1v) is 34.1. The SMILES string of the molecule is CC/C=C\C/C=C\C/C=C\C/C=C\C/C=C\C/C=C\C/C=C\C/C=C\C/C=C\C/C=C\C/C=C\C/C=C\CCCCCCC(=O)OC(COC(=O)CCCCCCCCCCC/C=C\C/C=C\CCCCCCC)COP(=O)(O)OCCN. The van der Waals surface area contributed by atoms with E-state index in [1.165, 1.54) is 70.6 Å². The van der Waals surface area contributed by atoms with Crippen molar-refractivity contribution in [3.05, 3.63) is 170 Å². The van der Waals surface area contributed by atoms with E-state index in [2.05, 4.69) is 184 Å². The number of ether oxygens (including phenoxy) is 2. The predicted octanol–water partition coefficient (Wildman–Crippen LogP) is 21.4. The van der Waals surface area contributed by atoms with E-state index < -0.39 is 32.5 Å². The third kappa shape index (κ3) is 66.4. The molecule has 468 valence electrons. The summed E-state index contributed by atoms with van der Waals surface area (Å²) in [6, 6.07) is 0.